The molecule has 1 saturated heterocycles. The zero-order valence-corrected chi connectivity index (χ0v) is 10.2. The van der Waals surface area contributed by atoms with E-state index in [1.807, 2.05) is 0 Å². The Morgan fingerprint density at radius 1 is 1.33 bits per heavy atom. The van der Waals surface area contributed by atoms with E-state index in [1.165, 1.54) is 14.0 Å². The molecule has 104 valence electrons. The first kappa shape index (κ1) is 14.8. The Kier molecular flexibility index (Phi) is 5.03. The Labute approximate surface area is 104 Å². The number of aliphatic hydroxyl groups excluding tert-OH is 3. The first-order chi connectivity index (χ1) is 8.42. The van der Waals surface area contributed by atoms with Crippen LogP contribution in [0.5, 0.6) is 0 Å². The second-order valence-electron chi connectivity index (χ2n) is 4.16. The number of carbonyl (C=O) groups excluding carboxylic acids is 2. The van der Waals surface area contributed by atoms with Crippen molar-refractivity contribution in [2.24, 2.45) is 0 Å². The van der Waals surface area contributed by atoms with E-state index < -0.39 is 48.8 Å². The van der Waals surface area contributed by atoms with Crippen molar-refractivity contribution in [3.63, 3.8) is 0 Å². The van der Waals surface area contributed by atoms with Gasteiger partial charge in [0.25, 0.3) is 0 Å². The fourth-order valence-electron chi connectivity index (χ4n) is 1.99. The van der Waals surface area contributed by atoms with Crippen molar-refractivity contribution < 1.29 is 29.6 Å². The van der Waals surface area contributed by atoms with Crippen LogP contribution in [0.1, 0.15) is 6.92 Å². The molecule has 5 unspecified atom stereocenters. The molecule has 5 N–H and O–H groups in total. The second kappa shape index (κ2) is 6.10. The quantitative estimate of drug-likeness (QED) is 0.337. The number of piperidine rings is 1. The van der Waals surface area contributed by atoms with Gasteiger partial charge in [0.2, 0.25) is 5.91 Å². The number of hydrogen-bond donors (Lipinski definition) is 5. The molecule has 0 bridgehead atoms. The number of methoxy groups -OCH3 is 1. The number of nitrogens with one attached hydrogen (secondary N) is 2. The van der Waals surface area contributed by atoms with Crippen LogP contribution in [0.2, 0.25) is 0 Å². The fourth-order valence-corrected chi connectivity index (χ4v) is 1.99. The van der Waals surface area contributed by atoms with E-state index in [4.69, 9.17) is 5.11 Å². The summed E-state index contributed by atoms with van der Waals surface area (Å²) < 4.78 is 4.55. The lowest BCUT2D eigenvalue weighted by atomic mass is 9.88. The smallest absolute Gasteiger partial charge is 0.325 e. The predicted molar refractivity (Wildman–Crippen MR) is 59.4 cm³/mol. The number of carbonyl (C=O) groups is 2. The van der Waals surface area contributed by atoms with Crippen molar-refractivity contribution in [3.8, 4) is 0 Å². The van der Waals surface area contributed by atoms with Crippen molar-refractivity contribution in [2.75, 3.05) is 13.7 Å². The Bertz CT molecular complexity index is 323. The lowest BCUT2D eigenvalue weighted by molar-refractivity contribution is -0.151. The summed E-state index contributed by atoms with van der Waals surface area (Å²) in [5.41, 5.74) is 0. The van der Waals surface area contributed by atoms with Crippen LogP contribution >= 0.6 is 0 Å². The van der Waals surface area contributed by atoms with Crippen LogP contribution in [0.15, 0.2) is 0 Å². The van der Waals surface area contributed by atoms with Crippen LogP contribution in [0, 0.1) is 0 Å². The molecule has 1 amide bonds. The van der Waals surface area contributed by atoms with Gasteiger partial charge in [-0.3, -0.25) is 14.9 Å². The SMILES string of the molecule is COC(=O)C1NC(CO)C(O)C(O)C1NC(C)=O. The largest absolute Gasteiger partial charge is 0.468 e. The summed E-state index contributed by atoms with van der Waals surface area (Å²) in [4.78, 5) is 22.6. The monoisotopic (exact) mass is 262 g/mol. The minimum absolute atomic E-state index is 0.454. The maximum Gasteiger partial charge on any atom is 0.325 e. The maximum absolute atomic E-state index is 11.6. The summed E-state index contributed by atoms with van der Waals surface area (Å²) >= 11 is 0. The van der Waals surface area contributed by atoms with Crippen LogP contribution in [0.3, 0.4) is 0 Å². The number of rotatable bonds is 3. The average molecular weight is 262 g/mol. The molecule has 1 aliphatic heterocycles. The van der Waals surface area contributed by atoms with Crippen molar-refractivity contribution in [3.05, 3.63) is 0 Å². The van der Waals surface area contributed by atoms with Gasteiger partial charge < -0.3 is 25.4 Å². The third kappa shape index (κ3) is 2.96. The first-order valence-corrected chi connectivity index (χ1v) is 5.50. The molecule has 0 saturated carbocycles. The summed E-state index contributed by atoms with van der Waals surface area (Å²) in [6, 6.07) is -2.92. The number of esters is 1. The molecule has 1 aliphatic rings. The van der Waals surface area contributed by atoms with Crippen LogP contribution in [-0.2, 0) is 14.3 Å². The highest BCUT2D eigenvalue weighted by Crippen LogP contribution is 2.16. The maximum atomic E-state index is 11.6. The van der Waals surface area contributed by atoms with Gasteiger partial charge in [0, 0.05) is 6.92 Å². The van der Waals surface area contributed by atoms with Gasteiger partial charge >= 0.3 is 5.97 Å². The van der Waals surface area contributed by atoms with E-state index in [9.17, 15) is 19.8 Å². The van der Waals surface area contributed by atoms with Gasteiger partial charge in [0.05, 0.1) is 31.9 Å². The van der Waals surface area contributed by atoms with Gasteiger partial charge in [-0.15, -0.1) is 0 Å². The fraction of sp³-hybridized carbons (Fsp3) is 0.800. The summed E-state index contributed by atoms with van der Waals surface area (Å²) in [7, 11) is 1.17. The molecule has 5 atom stereocenters. The van der Waals surface area contributed by atoms with E-state index in [0.717, 1.165) is 0 Å². The van der Waals surface area contributed by atoms with E-state index in [0.29, 0.717) is 0 Å². The van der Waals surface area contributed by atoms with Gasteiger partial charge in [-0.25, -0.2) is 0 Å². The Morgan fingerprint density at radius 2 is 1.94 bits per heavy atom. The third-order valence-electron chi connectivity index (χ3n) is 2.90. The van der Waals surface area contributed by atoms with Crippen molar-refractivity contribution >= 4 is 11.9 Å². The van der Waals surface area contributed by atoms with Crippen LogP contribution in [0.4, 0.5) is 0 Å². The molecule has 0 radical (unpaired) electrons. The summed E-state index contributed by atoms with van der Waals surface area (Å²) in [6.45, 7) is 0.768. The lowest BCUT2D eigenvalue weighted by Crippen LogP contribution is -2.72. The first-order valence-electron chi connectivity index (χ1n) is 5.50. The molecule has 1 rings (SSSR count). The van der Waals surface area contributed by atoms with E-state index >= 15 is 0 Å². The molecule has 18 heavy (non-hydrogen) atoms. The molecule has 0 aromatic rings. The van der Waals surface area contributed by atoms with Gasteiger partial charge in [-0.1, -0.05) is 0 Å². The zero-order valence-electron chi connectivity index (χ0n) is 10.2. The van der Waals surface area contributed by atoms with Gasteiger partial charge in [-0.05, 0) is 0 Å². The minimum Gasteiger partial charge on any atom is -0.468 e. The van der Waals surface area contributed by atoms with E-state index in [2.05, 4.69) is 15.4 Å². The van der Waals surface area contributed by atoms with E-state index in [1.54, 1.807) is 0 Å². The van der Waals surface area contributed by atoms with Crippen molar-refractivity contribution in [1.82, 2.24) is 10.6 Å². The lowest BCUT2D eigenvalue weighted by Gasteiger charge is -2.42. The summed E-state index contributed by atoms with van der Waals surface area (Å²) in [5.74, 6) is -1.15. The third-order valence-corrected chi connectivity index (χ3v) is 2.90. The van der Waals surface area contributed by atoms with E-state index in [-0.39, 0.29) is 0 Å². The molecule has 0 aromatic carbocycles. The van der Waals surface area contributed by atoms with Crippen LogP contribution in [-0.4, -0.2) is 71.2 Å². The van der Waals surface area contributed by atoms with Crippen molar-refractivity contribution in [2.45, 2.75) is 37.3 Å². The molecule has 0 aromatic heterocycles. The number of hydrogen-bond acceptors (Lipinski definition) is 7. The predicted octanol–water partition coefficient (Wildman–Crippen LogP) is -3.28. The van der Waals surface area contributed by atoms with Crippen LogP contribution < -0.4 is 10.6 Å². The molecule has 0 aliphatic carbocycles. The Morgan fingerprint density at radius 3 is 2.39 bits per heavy atom. The van der Waals surface area contributed by atoms with Gasteiger partial charge in [0.1, 0.15) is 12.1 Å². The number of amides is 1. The van der Waals surface area contributed by atoms with Crippen LogP contribution in [0.25, 0.3) is 0 Å². The second-order valence-corrected chi connectivity index (χ2v) is 4.16. The zero-order chi connectivity index (χ0) is 13.9. The highest BCUT2D eigenvalue weighted by molar-refractivity contribution is 5.79. The molecule has 1 fully saturated rings. The standard InChI is InChI=1S/C10H18N2O6/c1-4(14)11-6-7(10(17)18-2)12-5(3-13)8(15)9(6)16/h5-9,12-13,15-16H,3H2,1-2H3,(H,11,14). The summed E-state index contributed by atoms with van der Waals surface area (Å²) in [5, 5.41) is 33.7. The molecule has 8 heteroatoms. The van der Waals surface area contributed by atoms with Gasteiger partial charge in [0.15, 0.2) is 0 Å². The minimum atomic E-state index is -1.38. The Balaban J connectivity index is 2.93. The highest BCUT2D eigenvalue weighted by atomic mass is 16.5. The normalized spacial score (nSPS) is 35.9. The van der Waals surface area contributed by atoms with Crippen molar-refractivity contribution in [1.29, 1.82) is 0 Å². The van der Waals surface area contributed by atoms with Gasteiger partial charge in [-0.2, -0.15) is 0 Å². The highest BCUT2D eigenvalue weighted by Gasteiger charge is 2.46. The number of ether oxygens (including phenoxy) is 1. The summed E-state index contributed by atoms with van der Waals surface area (Å²) in [6.07, 6.45) is -2.68. The molecule has 0 spiro atoms. The molecule has 1 heterocycles. The molecule has 8 nitrogen and oxygen atoms in total. The number of aliphatic hydroxyl groups is 3. The Hall–Kier alpha value is -1.22. The molecular weight excluding hydrogens is 244 g/mol. The molecular formula is C10H18N2O6. The average Bonchev–Trinajstić information content (AvgIpc) is 2.34. The topological polar surface area (TPSA) is 128 Å².